The van der Waals surface area contributed by atoms with Gasteiger partial charge in [-0.3, -0.25) is 4.79 Å². The molecule has 0 aliphatic carbocycles. The zero-order valence-corrected chi connectivity index (χ0v) is 15.0. The van der Waals surface area contributed by atoms with Crippen molar-refractivity contribution >= 4 is 23.4 Å². The molecule has 2 aromatic carbocycles. The van der Waals surface area contributed by atoms with E-state index < -0.39 is 0 Å². The number of methoxy groups -OCH3 is 3. The number of nitrogens with one attached hydrogen (secondary N) is 1. The van der Waals surface area contributed by atoms with Crippen molar-refractivity contribution in [1.82, 2.24) is 0 Å². The van der Waals surface area contributed by atoms with E-state index in [2.05, 4.69) is 5.32 Å². The summed E-state index contributed by atoms with van der Waals surface area (Å²) in [7, 11) is 4.76. The summed E-state index contributed by atoms with van der Waals surface area (Å²) < 4.78 is 15.6. The first-order valence-corrected chi connectivity index (χ1v) is 8.29. The average Bonchev–Trinajstić information content (AvgIpc) is 2.62. The second kappa shape index (κ2) is 8.49. The molecule has 128 valence electrons. The maximum Gasteiger partial charge on any atom is 0.237 e. The lowest BCUT2D eigenvalue weighted by molar-refractivity contribution is -0.115. The fourth-order valence-electron chi connectivity index (χ4n) is 2.07. The molecule has 0 saturated carbocycles. The molecule has 24 heavy (non-hydrogen) atoms. The highest BCUT2D eigenvalue weighted by Crippen LogP contribution is 2.31. The monoisotopic (exact) mass is 347 g/mol. The third-order valence-corrected chi connectivity index (χ3v) is 4.50. The van der Waals surface area contributed by atoms with Crippen LogP contribution in [0.3, 0.4) is 0 Å². The normalized spacial score (nSPS) is 11.5. The first-order valence-electron chi connectivity index (χ1n) is 7.41. The second-order valence-corrected chi connectivity index (χ2v) is 6.41. The van der Waals surface area contributed by atoms with Gasteiger partial charge >= 0.3 is 0 Å². The van der Waals surface area contributed by atoms with Crippen molar-refractivity contribution in [1.29, 1.82) is 0 Å². The molecule has 0 aliphatic rings. The Balaban J connectivity index is 2.00. The lowest BCUT2D eigenvalue weighted by Crippen LogP contribution is -2.22. The van der Waals surface area contributed by atoms with Gasteiger partial charge in [-0.25, -0.2) is 0 Å². The predicted octanol–water partition coefficient (Wildman–Crippen LogP) is 3.83. The minimum Gasteiger partial charge on any atom is -0.497 e. The molecule has 1 N–H and O–H groups in total. The number of hydrogen-bond donors (Lipinski definition) is 1. The van der Waals surface area contributed by atoms with E-state index in [-0.39, 0.29) is 11.2 Å². The van der Waals surface area contributed by atoms with Gasteiger partial charge in [0.1, 0.15) is 5.75 Å². The van der Waals surface area contributed by atoms with Crippen LogP contribution < -0.4 is 19.5 Å². The molecule has 0 fully saturated rings. The van der Waals surface area contributed by atoms with Gasteiger partial charge in [0, 0.05) is 16.6 Å². The number of carbonyl (C=O) groups excluding carboxylic acids is 1. The van der Waals surface area contributed by atoms with Gasteiger partial charge in [-0.15, -0.1) is 11.8 Å². The molecule has 0 bridgehead atoms. The van der Waals surface area contributed by atoms with Crippen molar-refractivity contribution in [2.24, 2.45) is 0 Å². The van der Waals surface area contributed by atoms with Crippen LogP contribution in [-0.2, 0) is 4.79 Å². The molecule has 1 amide bonds. The summed E-state index contributed by atoms with van der Waals surface area (Å²) in [6.45, 7) is 1.87. The summed E-state index contributed by atoms with van der Waals surface area (Å²) in [4.78, 5) is 13.4. The summed E-state index contributed by atoms with van der Waals surface area (Å²) in [5.41, 5.74) is 0.667. The van der Waals surface area contributed by atoms with Crippen LogP contribution in [0.15, 0.2) is 47.4 Å². The zero-order chi connectivity index (χ0) is 17.5. The SMILES string of the molecule is COc1ccc(S[C@@H](C)C(=O)Nc2ccc(OC)c(OC)c2)cc1. The Bertz CT molecular complexity index is 688. The summed E-state index contributed by atoms with van der Waals surface area (Å²) in [6.07, 6.45) is 0. The number of carbonyl (C=O) groups is 1. The van der Waals surface area contributed by atoms with Crippen LogP contribution in [0.2, 0.25) is 0 Å². The lowest BCUT2D eigenvalue weighted by Gasteiger charge is -2.14. The highest BCUT2D eigenvalue weighted by molar-refractivity contribution is 8.00. The number of thioether (sulfide) groups is 1. The van der Waals surface area contributed by atoms with Gasteiger partial charge in [-0.1, -0.05) is 0 Å². The zero-order valence-electron chi connectivity index (χ0n) is 14.2. The molecule has 0 aromatic heterocycles. The highest BCUT2D eigenvalue weighted by atomic mass is 32.2. The number of benzene rings is 2. The topological polar surface area (TPSA) is 56.8 Å². The van der Waals surface area contributed by atoms with E-state index >= 15 is 0 Å². The minimum absolute atomic E-state index is 0.0805. The number of rotatable bonds is 7. The quantitative estimate of drug-likeness (QED) is 0.772. The summed E-state index contributed by atoms with van der Waals surface area (Å²) in [6, 6.07) is 12.9. The van der Waals surface area contributed by atoms with Gasteiger partial charge in [-0.2, -0.15) is 0 Å². The minimum atomic E-state index is -0.244. The largest absolute Gasteiger partial charge is 0.497 e. The van der Waals surface area contributed by atoms with Crippen LogP contribution in [0, 0.1) is 0 Å². The second-order valence-electron chi connectivity index (χ2n) is 4.99. The Kier molecular flexibility index (Phi) is 6.37. The van der Waals surface area contributed by atoms with Gasteiger partial charge in [0.05, 0.1) is 26.6 Å². The van der Waals surface area contributed by atoms with Crippen molar-refractivity contribution in [2.75, 3.05) is 26.6 Å². The van der Waals surface area contributed by atoms with Crippen molar-refractivity contribution < 1.29 is 19.0 Å². The molecule has 0 aliphatic heterocycles. The maximum absolute atomic E-state index is 12.4. The molecular weight excluding hydrogens is 326 g/mol. The molecule has 2 rings (SSSR count). The van der Waals surface area contributed by atoms with E-state index in [1.54, 1.807) is 39.5 Å². The first kappa shape index (κ1) is 18.0. The van der Waals surface area contributed by atoms with Crippen molar-refractivity contribution in [3.8, 4) is 17.2 Å². The van der Waals surface area contributed by atoms with Crippen LogP contribution in [-0.4, -0.2) is 32.5 Å². The van der Waals surface area contributed by atoms with Gasteiger partial charge < -0.3 is 19.5 Å². The molecular formula is C18H21NO4S. The molecule has 0 spiro atoms. The smallest absolute Gasteiger partial charge is 0.237 e. The molecule has 5 nitrogen and oxygen atoms in total. The molecule has 0 radical (unpaired) electrons. The van der Waals surface area contributed by atoms with E-state index in [0.29, 0.717) is 17.2 Å². The van der Waals surface area contributed by atoms with Crippen molar-refractivity contribution in [3.63, 3.8) is 0 Å². The third-order valence-electron chi connectivity index (χ3n) is 3.39. The van der Waals surface area contributed by atoms with Gasteiger partial charge in [0.2, 0.25) is 5.91 Å². The van der Waals surface area contributed by atoms with Crippen molar-refractivity contribution in [2.45, 2.75) is 17.1 Å². The van der Waals surface area contributed by atoms with Crippen molar-refractivity contribution in [3.05, 3.63) is 42.5 Å². The molecule has 6 heteroatoms. The standard InChI is InChI=1S/C18H21NO4S/c1-12(24-15-8-6-14(21-2)7-9-15)18(20)19-13-5-10-16(22-3)17(11-13)23-4/h5-12H,1-4H3,(H,19,20)/t12-/m0/s1. The molecule has 2 aromatic rings. The highest BCUT2D eigenvalue weighted by Gasteiger charge is 2.15. The van der Waals surface area contributed by atoms with Gasteiger partial charge in [0.25, 0.3) is 0 Å². The van der Waals surface area contributed by atoms with E-state index in [1.807, 2.05) is 31.2 Å². The summed E-state index contributed by atoms with van der Waals surface area (Å²) in [5, 5.41) is 2.65. The molecule has 0 saturated heterocycles. The molecule has 0 heterocycles. The first-order chi connectivity index (χ1) is 11.6. The Morgan fingerprint density at radius 2 is 1.62 bits per heavy atom. The maximum atomic E-state index is 12.4. The Hall–Kier alpha value is -2.34. The molecule has 1 atom stereocenters. The van der Waals surface area contributed by atoms with E-state index in [1.165, 1.54) is 11.8 Å². The number of hydrogen-bond acceptors (Lipinski definition) is 5. The lowest BCUT2D eigenvalue weighted by atomic mass is 10.2. The number of amides is 1. The van der Waals surface area contributed by atoms with Crippen LogP contribution in [0.1, 0.15) is 6.92 Å². The van der Waals surface area contributed by atoms with E-state index in [9.17, 15) is 4.79 Å². The summed E-state index contributed by atoms with van der Waals surface area (Å²) in [5.74, 6) is 1.91. The molecule has 0 unspecified atom stereocenters. The average molecular weight is 347 g/mol. The van der Waals surface area contributed by atoms with Crippen LogP contribution in [0.4, 0.5) is 5.69 Å². The van der Waals surface area contributed by atoms with Crippen LogP contribution >= 0.6 is 11.8 Å². The van der Waals surface area contributed by atoms with Crippen LogP contribution in [0.25, 0.3) is 0 Å². The van der Waals surface area contributed by atoms with Crippen LogP contribution in [0.5, 0.6) is 17.2 Å². The fraction of sp³-hybridized carbons (Fsp3) is 0.278. The Labute approximate surface area is 146 Å². The van der Waals surface area contributed by atoms with Gasteiger partial charge in [0.15, 0.2) is 11.5 Å². The summed E-state index contributed by atoms with van der Waals surface area (Å²) >= 11 is 1.48. The Morgan fingerprint density at radius 3 is 2.21 bits per heavy atom. The Morgan fingerprint density at radius 1 is 0.958 bits per heavy atom. The van der Waals surface area contributed by atoms with Gasteiger partial charge in [-0.05, 0) is 43.3 Å². The van der Waals surface area contributed by atoms with E-state index in [0.717, 1.165) is 10.6 Å². The fourth-order valence-corrected chi connectivity index (χ4v) is 2.94. The third kappa shape index (κ3) is 4.58. The number of ether oxygens (including phenoxy) is 3. The van der Waals surface area contributed by atoms with E-state index in [4.69, 9.17) is 14.2 Å². The predicted molar refractivity (Wildman–Crippen MR) is 96.5 cm³/mol. The number of anilines is 1.